The molecule has 0 saturated heterocycles. The highest BCUT2D eigenvalue weighted by molar-refractivity contribution is 5.73. The maximum Gasteiger partial charge on any atom is 0.307 e. The van der Waals surface area contributed by atoms with Gasteiger partial charge in [-0.25, -0.2) is 9.97 Å². The molecule has 0 amide bonds. The Hall–Kier alpha value is -2.69. The summed E-state index contributed by atoms with van der Waals surface area (Å²) >= 11 is 0. The van der Waals surface area contributed by atoms with Crippen LogP contribution in [0.15, 0.2) is 47.0 Å². The first-order valence-corrected chi connectivity index (χ1v) is 5.75. The van der Waals surface area contributed by atoms with Gasteiger partial charge in [-0.2, -0.15) is 0 Å². The van der Waals surface area contributed by atoms with Crippen LogP contribution in [0, 0.1) is 0 Å². The Morgan fingerprint density at radius 3 is 2.68 bits per heavy atom. The summed E-state index contributed by atoms with van der Waals surface area (Å²) in [7, 11) is 0. The van der Waals surface area contributed by atoms with Crippen molar-refractivity contribution in [2.45, 2.75) is 6.42 Å². The van der Waals surface area contributed by atoms with Gasteiger partial charge in [0.25, 0.3) is 0 Å². The third-order valence-corrected chi connectivity index (χ3v) is 2.72. The molecule has 2 heterocycles. The van der Waals surface area contributed by atoms with Crippen molar-refractivity contribution in [2.24, 2.45) is 0 Å². The Balaban J connectivity index is 1.95. The first-order valence-electron chi connectivity index (χ1n) is 5.75. The largest absolute Gasteiger partial charge is 0.481 e. The van der Waals surface area contributed by atoms with Crippen LogP contribution in [0.3, 0.4) is 0 Å². The number of carboxylic acids is 1. The van der Waals surface area contributed by atoms with E-state index in [-0.39, 0.29) is 6.42 Å². The van der Waals surface area contributed by atoms with Crippen molar-refractivity contribution < 1.29 is 14.3 Å². The number of rotatable bonds is 3. The van der Waals surface area contributed by atoms with Crippen LogP contribution in [0.1, 0.15) is 5.56 Å². The molecular formula is C14H10N2O3. The van der Waals surface area contributed by atoms with E-state index in [1.54, 1.807) is 36.5 Å². The number of pyridine rings is 1. The quantitative estimate of drug-likeness (QED) is 0.777. The molecule has 94 valence electrons. The van der Waals surface area contributed by atoms with Crippen LogP contribution >= 0.6 is 0 Å². The molecule has 0 atom stereocenters. The lowest BCUT2D eigenvalue weighted by molar-refractivity contribution is -0.136. The normalized spacial score (nSPS) is 10.7. The molecule has 1 N–H and O–H groups in total. The molecule has 0 unspecified atom stereocenters. The highest BCUT2D eigenvalue weighted by Crippen LogP contribution is 2.23. The monoisotopic (exact) mass is 254 g/mol. The first-order chi connectivity index (χ1) is 9.22. The van der Waals surface area contributed by atoms with Gasteiger partial charge in [0.1, 0.15) is 5.52 Å². The maximum absolute atomic E-state index is 10.6. The Bertz CT molecular complexity index is 699. The number of aliphatic carboxylic acids is 1. The predicted molar refractivity (Wildman–Crippen MR) is 68.6 cm³/mol. The smallest absolute Gasteiger partial charge is 0.307 e. The molecule has 3 aromatic rings. The number of aromatic nitrogens is 2. The van der Waals surface area contributed by atoms with Gasteiger partial charge in [0, 0.05) is 11.8 Å². The zero-order valence-corrected chi connectivity index (χ0v) is 9.91. The van der Waals surface area contributed by atoms with Crippen LogP contribution < -0.4 is 0 Å². The molecule has 5 heteroatoms. The topological polar surface area (TPSA) is 76.2 Å². The summed E-state index contributed by atoms with van der Waals surface area (Å²) in [5.74, 6) is -0.366. The van der Waals surface area contributed by atoms with E-state index in [1.807, 2.05) is 6.07 Å². The fraction of sp³-hybridized carbons (Fsp3) is 0.0714. The Morgan fingerprint density at radius 1 is 1.21 bits per heavy atom. The second-order valence-electron chi connectivity index (χ2n) is 4.11. The third kappa shape index (κ3) is 2.30. The molecule has 19 heavy (non-hydrogen) atoms. The van der Waals surface area contributed by atoms with Gasteiger partial charge in [-0.05, 0) is 29.8 Å². The fourth-order valence-electron chi connectivity index (χ4n) is 1.83. The van der Waals surface area contributed by atoms with Gasteiger partial charge in [-0.3, -0.25) is 4.79 Å². The van der Waals surface area contributed by atoms with E-state index in [9.17, 15) is 4.79 Å². The van der Waals surface area contributed by atoms with Crippen molar-refractivity contribution >= 4 is 17.2 Å². The molecule has 0 aliphatic carbocycles. The van der Waals surface area contributed by atoms with E-state index >= 15 is 0 Å². The number of nitrogens with zero attached hydrogens (tertiary/aromatic N) is 2. The average Bonchev–Trinajstić information content (AvgIpc) is 2.82. The fourth-order valence-corrected chi connectivity index (χ4v) is 1.83. The summed E-state index contributed by atoms with van der Waals surface area (Å²) in [4.78, 5) is 19.0. The van der Waals surface area contributed by atoms with Gasteiger partial charge in [0.2, 0.25) is 11.6 Å². The molecule has 1 aromatic carbocycles. The van der Waals surface area contributed by atoms with Gasteiger partial charge in [-0.15, -0.1) is 0 Å². The lowest BCUT2D eigenvalue weighted by Gasteiger charge is -1.98. The minimum Gasteiger partial charge on any atom is -0.481 e. The number of fused-ring (bicyclic) bond motifs is 1. The molecule has 0 aliphatic rings. The minimum absolute atomic E-state index is 0.00932. The van der Waals surface area contributed by atoms with Crippen LogP contribution in [0.2, 0.25) is 0 Å². The zero-order chi connectivity index (χ0) is 13.2. The van der Waals surface area contributed by atoms with E-state index < -0.39 is 5.97 Å². The van der Waals surface area contributed by atoms with Crippen molar-refractivity contribution in [3.05, 3.63) is 48.2 Å². The van der Waals surface area contributed by atoms with Crippen molar-refractivity contribution in [3.63, 3.8) is 0 Å². The van der Waals surface area contributed by atoms with E-state index in [4.69, 9.17) is 9.52 Å². The summed E-state index contributed by atoms with van der Waals surface area (Å²) in [6.45, 7) is 0. The third-order valence-electron chi connectivity index (χ3n) is 2.72. The highest BCUT2D eigenvalue weighted by atomic mass is 16.4. The molecule has 5 nitrogen and oxygen atoms in total. The van der Waals surface area contributed by atoms with E-state index in [2.05, 4.69) is 9.97 Å². The number of carboxylic acid groups (broad SMARTS) is 1. The molecule has 0 saturated carbocycles. The van der Waals surface area contributed by atoms with E-state index in [0.29, 0.717) is 17.1 Å². The number of hydrogen-bond donors (Lipinski definition) is 1. The second kappa shape index (κ2) is 4.53. The number of hydrogen-bond acceptors (Lipinski definition) is 4. The van der Waals surface area contributed by atoms with Gasteiger partial charge in [-0.1, -0.05) is 12.1 Å². The minimum atomic E-state index is -0.848. The number of carbonyl (C=O) groups is 1. The average molecular weight is 254 g/mol. The summed E-state index contributed by atoms with van der Waals surface area (Å²) in [5, 5.41) is 8.71. The molecule has 0 fully saturated rings. The SMILES string of the molecule is O=C(O)Cc1ccc(-c2nc3cccnc3o2)cc1. The van der Waals surface area contributed by atoms with E-state index in [0.717, 1.165) is 11.1 Å². The van der Waals surface area contributed by atoms with Crippen molar-refractivity contribution in [2.75, 3.05) is 0 Å². The molecule has 3 rings (SSSR count). The zero-order valence-electron chi connectivity index (χ0n) is 9.91. The molecule has 0 spiro atoms. The standard InChI is InChI=1S/C14H10N2O3/c17-12(18)8-9-3-5-10(6-4-9)13-16-11-2-1-7-15-14(11)19-13/h1-7H,8H2,(H,17,18). The predicted octanol–water partition coefficient (Wildman–Crippen LogP) is 2.52. The summed E-state index contributed by atoms with van der Waals surface area (Å²) in [6.07, 6.45) is 1.66. The van der Waals surface area contributed by atoms with E-state index in [1.165, 1.54) is 0 Å². The lowest BCUT2D eigenvalue weighted by atomic mass is 10.1. The van der Waals surface area contributed by atoms with Crippen molar-refractivity contribution in [1.29, 1.82) is 0 Å². The van der Waals surface area contributed by atoms with Crippen LogP contribution in [0.25, 0.3) is 22.7 Å². The van der Waals surface area contributed by atoms with Gasteiger partial charge >= 0.3 is 5.97 Å². The Kier molecular flexibility index (Phi) is 2.72. The van der Waals surface area contributed by atoms with Gasteiger partial charge < -0.3 is 9.52 Å². The summed E-state index contributed by atoms with van der Waals surface area (Å²) in [5.41, 5.74) is 2.73. The van der Waals surface area contributed by atoms with Crippen LogP contribution in [0.5, 0.6) is 0 Å². The molecular weight excluding hydrogens is 244 g/mol. The Morgan fingerprint density at radius 2 is 2.00 bits per heavy atom. The van der Waals surface area contributed by atoms with Crippen LogP contribution in [-0.2, 0) is 11.2 Å². The van der Waals surface area contributed by atoms with Crippen LogP contribution in [-0.4, -0.2) is 21.0 Å². The van der Waals surface area contributed by atoms with Crippen molar-refractivity contribution in [1.82, 2.24) is 9.97 Å². The molecule has 0 aliphatic heterocycles. The van der Waals surface area contributed by atoms with Gasteiger partial charge in [0.15, 0.2) is 0 Å². The summed E-state index contributed by atoms with van der Waals surface area (Å²) in [6, 6.07) is 10.7. The second-order valence-corrected chi connectivity index (χ2v) is 4.11. The summed E-state index contributed by atoms with van der Waals surface area (Å²) < 4.78 is 5.54. The lowest BCUT2D eigenvalue weighted by Crippen LogP contribution is -1.99. The number of benzene rings is 1. The molecule has 2 aromatic heterocycles. The maximum atomic E-state index is 10.6. The van der Waals surface area contributed by atoms with Crippen LogP contribution in [0.4, 0.5) is 0 Å². The molecule has 0 bridgehead atoms. The molecule has 0 radical (unpaired) electrons. The Labute approximate surface area is 108 Å². The van der Waals surface area contributed by atoms with Crippen molar-refractivity contribution in [3.8, 4) is 11.5 Å². The van der Waals surface area contributed by atoms with Gasteiger partial charge in [0.05, 0.1) is 6.42 Å². The highest BCUT2D eigenvalue weighted by Gasteiger charge is 2.08. The first kappa shape index (κ1) is 11.4. The number of oxazole rings is 1.